The second-order valence-corrected chi connectivity index (χ2v) is 7.81. The molecule has 0 aliphatic heterocycles. The van der Waals surface area contributed by atoms with Gasteiger partial charge in [-0.05, 0) is 42.2 Å². The van der Waals surface area contributed by atoms with E-state index in [1.807, 2.05) is 35.0 Å². The minimum absolute atomic E-state index is 0.0342. The number of rotatable bonds is 8. The molecule has 1 aromatic carbocycles. The molecule has 0 fully saturated rings. The number of benzene rings is 1. The maximum atomic E-state index is 12.4. The third kappa shape index (κ3) is 5.00. The molecule has 0 aliphatic carbocycles. The lowest BCUT2D eigenvalue weighted by Crippen LogP contribution is -2.22. The SMILES string of the molecule is CCN(CC)Cc1cccc(NC(=O)Cc2csc(-c3cccs3)n2)c1. The van der Waals surface area contributed by atoms with Crippen LogP contribution in [-0.2, 0) is 17.8 Å². The van der Waals surface area contributed by atoms with Crippen LogP contribution in [-0.4, -0.2) is 28.9 Å². The van der Waals surface area contributed by atoms with Crippen LogP contribution in [0.5, 0.6) is 0 Å². The summed E-state index contributed by atoms with van der Waals surface area (Å²) in [4.78, 5) is 20.4. The lowest BCUT2D eigenvalue weighted by Gasteiger charge is -2.18. The van der Waals surface area contributed by atoms with E-state index in [-0.39, 0.29) is 5.91 Å². The largest absolute Gasteiger partial charge is 0.326 e. The first-order valence-corrected chi connectivity index (χ1v) is 10.5. The van der Waals surface area contributed by atoms with Crippen molar-refractivity contribution >= 4 is 34.3 Å². The van der Waals surface area contributed by atoms with Crippen LogP contribution in [0.1, 0.15) is 25.1 Å². The van der Waals surface area contributed by atoms with E-state index in [0.717, 1.165) is 40.9 Å². The summed E-state index contributed by atoms with van der Waals surface area (Å²) < 4.78 is 0. The van der Waals surface area contributed by atoms with Crippen molar-refractivity contribution in [2.24, 2.45) is 0 Å². The van der Waals surface area contributed by atoms with Crippen molar-refractivity contribution in [2.45, 2.75) is 26.8 Å². The van der Waals surface area contributed by atoms with E-state index in [4.69, 9.17) is 0 Å². The number of nitrogens with zero attached hydrogens (tertiary/aromatic N) is 2. The van der Waals surface area contributed by atoms with Crippen LogP contribution in [0.4, 0.5) is 5.69 Å². The number of hydrogen-bond acceptors (Lipinski definition) is 5. The Labute approximate surface area is 162 Å². The minimum Gasteiger partial charge on any atom is -0.326 e. The maximum Gasteiger partial charge on any atom is 0.230 e. The number of anilines is 1. The molecule has 136 valence electrons. The molecule has 3 rings (SSSR count). The van der Waals surface area contributed by atoms with Crippen LogP contribution in [0.3, 0.4) is 0 Å². The molecule has 0 spiro atoms. The van der Waals surface area contributed by atoms with Crippen molar-refractivity contribution in [3.05, 3.63) is 58.4 Å². The van der Waals surface area contributed by atoms with Crippen LogP contribution < -0.4 is 5.32 Å². The van der Waals surface area contributed by atoms with E-state index in [0.29, 0.717) is 6.42 Å². The highest BCUT2D eigenvalue weighted by molar-refractivity contribution is 7.20. The van der Waals surface area contributed by atoms with Gasteiger partial charge in [-0.3, -0.25) is 9.69 Å². The van der Waals surface area contributed by atoms with E-state index < -0.39 is 0 Å². The summed E-state index contributed by atoms with van der Waals surface area (Å²) >= 11 is 3.25. The Bertz CT molecular complexity index is 838. The summed E-state index contributed by atoms with van der Waals surface area (Å²) in [6.45, 7) is 7.25. The number of carbonyl (C=O) groups is 1. The first-order chi connectivity index (χ1) is 12.7. The van der Waals surface area contributed by atoms with Gasteiger partial charge in [0.05, 0.1) is 17.0 Å². The lowest BCUT2D eigenvalue weighted by atomic mass is 10.2. The summed E-state index contributed by atoms with van der Waals surface area (Å²) in [5.74, 6) is -0.0342. The van der Waals surface area contributed by atoms with Gasteiger partial charge in [-0.15, -0.1) is 22.7 Å². The molecule has 0 unspecified atom stereocenters. The molecule has 1 N–H and O–H groups in total. The van der Waals surface area contributed by atoms with Crippen molar-refractivity contribution in [2.75, 3.05) is 18.4 Å². The smallest absolute Gasteiger partial charge is 0.230 e. The summed E-state index contributed by atoms with van der Waals surface area (Å²) in [6.07, 6.45) is 0.294. The van der Waals surface area contributed by atoms with Crippen LogP contribution in [0.2, 0.25) is 0 Å². The van der Waals surface area contributed by atoms with Crippen molar-refractivity contribution in [1.82, 2.24) is 9.88 Å². The zero-order valence-corrected chi connectivity index (χ0v) is 16.7. The van der Waals surface area contributed by atoms with Crippen molar-refractivity contribution < 1.29 is 4.79 Å². The highest BCUT2D eigenvalue weighted by atomic mass is 32.1. The van der Waals surface area contributed by atoms with Crippen LogP contribution in [0.15, 0.2) is 47.2 Å². The van der Waals surface area contributed by atoms with Crippen molar-refractivity contribution in [3.63, 3.8) is 0 Å². The number of carbonyl (C=O) groups excluding carboxylic acids is 1. The number of nitrogens with one attached hydrogen (secondary N) is 1. The Morgan fingerprint density at radius 2 is 2.00 bits per heavy atom. The van der Waals surface area contributed by atoms with Gasteiger partial charge in [-0.1, -0.05) is 32.0 Å². The standard InChI is InChI=1S/C20H23N3OS2/c1-3-23(4-2)13-15-7-5-8-16(11-15)21-19(24)12-17-14-26-20(22-17)18-9-6-10-25-18/h5-11,14H,3-4,12-13H2,1-2H3,(H,21,24). The fourth-order valence-electron chi connectivity index (χ4n) is 2.72. The first-order valence-electron chi connectivity index (χ1n) is 8.77. The van der Waals surface area contributed by atoms with Crippen LogP contribution in [0, 0.1) is 0 Å². The monoisotopic (exact) mass is 385 g/mol. The Hall–Kier alpha value is -2.02. The molecule has 0 aliphatic rings. The van der Waals surface area contributed by atoms with E-state index in [9.17, 15) is 4.79 Å². The summed E-state index contributed by atoms with van der Waals surface area (Å²) in [5, 5.41) is 7.97. The van der Waals surface area contributed by atoms with Gasteiger partial charge in [0.25, 0.3) is 0 Å². The van der Waals surface area contributed by atoms with E-state index >= 15 is 0 Å². The van der Waals surface area contributed by atoms with Gasteiger partial charge in [0.2, 0.25) is 5.91 Å². The number of thiophene rings is 1. The Morgan fingerprint density at radius 1 is 1.15 bits per heavy atom. The van der Waals surface area contributed by atoms with Gasteiger partial charge in [-0.2, -0.15) is 0 Å². The molecule has 1 amide bonds. The molecule has 0 atom stereocenters. The van der Waals surface area contributed by atoms with Gasteiger partial charge in [-0.25, -0.2) is 4.98 Å². The molecule has 0 radical (unpaired) electrons. The molecular weight excluding hydrogens is 362 g/mol. The van der Waals surface area contributed by atoms with Crippen molar-refractivity contribution in [1.29, 1.82) is 0 Å². The average Bonchev–Trinajstić information content (AvgIpc) is 3.31. The molecule has 2 heterocycles. The number of thiazole rings is 1. The van der Waals surface area contributed by atoms with Crippen molar-refractivity contribution in [3.8, 4) is 9.88 Å². The molecule has 2 aromatic heterocycles. The molecule has 0 saturated heterocycles. The highest BCUT2D eigenvalue weighted by Crippen LogP contribution is 2.28. The second kappa shape index (κ2) is 9.07. The molecule has 6 heteroatoms. The average molecular weight is 386 g/mol. The molecule has 0 saturated carbocycles. The Balaban J connectivity index is 1.60. The van der Waals surface area contributed by atoms with E-state index in [2.05, 4.69) is 41.2 Å². The molecule has 26 heavy (non-hydrogen) atoms. The van der Waals surface area contributed by atoms with Crippen LogP contribution >= 0.6 is 22.7 Å². The highest BCUT2D eigenvalue weighted by Gasteiger charge is 2.10. The summed E-state index contributed by atoms with van der Waals surface area (Å²) in [7, 11) is 0. The molecule has 3 aromatic rings. The van der Waals surface area contributed by atoms with Gasteiger partial charge >= 0.3 is 0 Å². The molecule has 4 nitrogen and oxygen atoms in total. The van der Waals surface area contributed by atoms with Gasteiger partial charge in [0.1, 0.15) is 5.01 Å². The number of aromatic nitrogens is 1. The Morgan fingerprint density at radius 3 is 2.73 bits per heavy atom. The van der Waals surface area contributed by atoms with Gasteiger partial charge < -0.3 is 5.32 Å². The fraction of sp³-hybridized carbons (Fsp3) is 0.300. The summed E-state index contributed by atoms with van der Waals surface area (Å²) in [5.41, 5.74) is 2.86. The van der Waals surface area contributed by atoms with Crippen LogP contribution in [0.25, 0.3) is 9.88 Å². The normalized spacial score (nSPS) is 11.0. The third-order valence-electron chi connectivity index (χ3n) is 4.14. The molecular formula is C20H23N3OS2. The third-order valence-corrected chi connectivity index (χ3v) is 6.07. The lowest BCUT2D eigenvalue weighted by molar-refractivity contribution is -0.115. The quantitative estimate of drug-likeness (QED) is 0.600. The zero-order valence-electron chi connectivity index (χ0n) is 15.1. The second-order valence-electron chi connectivity index (χ2n) is 6.01. The Kier molecular flexibility index (Phi) is 6.55. The number of hydrogen-bond donors (Lipinski definition) is 1. The van der Waals surface area contributed by atoms with Gasteiger partial charge in [0, 0.05) is 17.6 Å². The van der Waals surface area contributed by atoms with E-state index in [1.54, 1.807) is 22.7 Å². The fourth-order valence-corrected chi connectivity index (χ4v) is 4.36. The van der Waals surface area contributed by atoms with E-state index in [1.165, 1.54) is 5.56 Å². The molecule has 0 bridgehead atoms. The van der Waals surface area contributed by atoms with Gasteiger partial charge in [0.15, 0.2) is 0 Å². The first kappa shape index (κ1) is 18.8. The topological polar surface area (TPSA) is 45.2 Å². The maximum absolute atomic E-state index is 12.4. The zero-order chi connectivity index (χ0) is 18.4. The number of amides is 1. The summed E-state index contributed by atoms with van der Waals surface area (Å²) in [6, 6.07) is 12.1. The predicted octanol–water partition coefficient (Wildman–Crippen LogP) is 4.89. The minimum atomic E-state index is -0.0342. The predicted molar refractivity (Wildman–Crippen MR) is 111 cm³/mol.